The number of amides is 1. The molecular formula is C20H20ClN3O2S. The number of halogens is 1. The summed E-state index contributed by atoms with van der Waals surface area (Å²) < 4.78 is 1.40. The molecule has 0 unspecified atom stereocenters. The van der Waals surface area contributed by atoms with Crippen LogP contribution < -0.4 is 10.9 Å². The van der Waals surface area contributed by atoms with Crippen LogP contribution in [0.1, 0.15) is 29.3 Å². The Morgan fingerprint density at radius 3 is 3.11 bits per heavy atom. The summed E-state index contributed by atoms with van der Waals surface area (Å²) in [4.78, 5) is 31.7. The molecule has 0 radical (unpaired) electrons. The van der Waals surface area contributed by atoms with Crippen LogP contribution in [-0.4, -0.2) is 15.5 Å². The molecule has 5 nitrogen and oxygen atoms in total. The largest absolute Gasteiger partial charge is 0.350 e. The van der Waals surface area contributed by atoms with E-state index in [1.165, 1.54) is 15.8 Å². The number of aromatic nitrogens is 2. The van der Waals surface area contributed by atoms with E-state index in [4.69, 9.17) is 11.6 Å². The monoisotopic (exact) mass is 401 g/mol. The van der Waals surface area contributed by atoms with E-state index in [-0.39, 0.29) is 18.0 Å². The van der Waals surface area contributed by atoms with Crippen LogP contribution >= 0.6 is 22.9 Å². The van der Waals surface area contributed by atoms with Gasteiger partial charge in [0, 0.05) is 16.4 Å². The second kappa shape index (κ2) is 7.44. The maximum Gasteiger partial charge on any atom is 0.262 e. The molecule has 27 heavy (non-hydrogen) atoms. The first-order valence-corrected chi connectivity index (χ1v) is 10.2. The van der Waals surface area contributed by atoms with E-state index < -0.39 is 0 Å². The smallest absolute Gasteiger partial charge is 0.262 e. The molecule has 1 amide bonds. The Hall–Kier alpha value is -2.18. The summed E-state index contributed by atoms with van der Waals surface area (Å²) in [5.41, 5.74) is 1.93. The van der Waals surface area contributed by atoms with Crippen molar-refractivity contribution in [1.29, 1.82) is 0 Å². The van der Waals surface area contributed by atoms with Gasteiger partial charge in [0.2, 0.25) is 5.91 Å². The van der Waals surface area contributed by atoms with Gasteiger partial charge in [-0.1, -0.05) is 30.7 Å². The van der Waals surface area contributed by atoms with Gasteiger partial charge in [-0.15, -0.1) is 11.3 Å². The normalized spacial score (nSPS) is 16.3. The molecule has 0 bridgehead atoms. The maximum absolute atomic E-state index is 12.9. The van der Waals surface area contributed by atoms with Crippen molar-refractivity contribution in [1.82, 2.24) is 14.9 Å². The lowest BCUT2D eigenvalue weighted by Crippen LogP contribution is -2.32. The molecule has 0 aliphatic heterocycles. The third kappa shape index (κ3) is 3.77. The van der Waals surface area contributed by atoms with Crippen molar-refractivity contribution in [2.24, 2.45) is 5.92 Å². The molecule has 1 atom stereocenters. The Balaban J connectivity index is 1.53. The fraction of sp³-hybridized carbons (Fsp3) is 0.350. The number of nitrogens with one attached hydrogen (secondary N) is 1. The zero-order valence-electron chi connectivity index (χ0n) is 15.0. The molecule has 3 aromatic rings. The average molecular weight is 402 g/mol. The average Bonchev–Trinajstić information content (AvgIpc) is 3.00. The van der Waals surface area contributed by atoms with Crippen LogP contribution in [0.3, 0.4) is 0 Å². The van der Waals surface area contributed by atoms with Crippen LogP contribution in [0.15, 0.2) is 35.4 Å². The number of hydrogen-bond donors (Lipinski definition) is 1. The van der Waals surface area contributed by atoms with Gasteiger partial charge in [0.15, 0.2) is 0 Å². The number of rotatable bonds is 4. The number of carbonyl (C=O) groups excluding carboxylic acids is 1. The van der Waals surface area contributed by atoms with E-state index in [0.29, 0.717) is 22.9 Å². The van der Waals surface area contributed by atoms with Gasteiger partial charge in [0.1, 0.15) is 11.4 Å². The number of fused-ring (bicyclic) bond motifs is 3. The van der Waals surface area contributed by atoms with Crippen molar-refractivity contribution in [3.05, 3.63) is 62.0 Å². The van der Waals surface area contributed by atoms with Gasteiger partial charge in [-0.2, -0.15) is 0 Å². The van der Waals surface area contributed by atoms with Crippen LogP contribution in [-0.2, 0) is 30.7 Å². The third-order valence-electron chi connectivity index (χ3n) is 4.97. The molecule has 1 aliphatic carbocycles. The van der Waals surface area contributed by atoms with E-state index >= 15 is 0 Å². The number of hydrogen-bond acceptors (Lipinski definition) is 4. The lowest BCUT2D eigenvalue weighted by Gasteiger charge is -2.17. The van der Waals surface area contributed by atoms with Crippen molar-refractivity contribution in [3.63, 3.8) is 0 Å². The molecule has 7 heteroatoms. The maximum atomic E-state index is 12.9. The van der Waals surface area contributed by atoms with Crippen molar-refractivity contribution >= 4 is 39.1 Å². The second-order valence-electron chi connectivity index (χ2n) is 7.12. The number of thiophene rings is 1. The third-order valence-corrected chi connectivity index (χ3v) is 6.37. The Labute approximate surface area is 166 Å². The fourth-order valence-corrected chi connectivity index (χ4v) is 5.09. The minimum Gasteiger partial charge on any atom is -0.350 e. The number of aryl methyl sites for hydroxylation is 1. The molecule has 1 aromatic carbocycles. The fourth-order valence-electron chi connectivity index (χ4n) is 3.54. The molecule has 0 saturated carbocycles. The van der Waals surface area contributed by atoms with Crippen molar-refractivity contribution in [2.45, 2.75) is 39.3 Å². The van der Waals surface area contributed by atoms with Gasteiger partial charge < -0.3 is 5.32 Å². The zero-order valence-corrected chi connectivity index (χ0v) is 16.6. The lowest BCUT2D eigenvalue weighted by molar-refractivity contribution is -0.121. The predicted molar refractivity (Wildman–Crippen MR) is 108 cm³/mol. The molecule has 2 aromatic heterocycles. The highest BCUT2D eigenvalue weighted by molar-refractivity contribution is 7.18. The first-order valence-electron chi connectivity index (χ1n) is 9.02. The molecule has 140 valence electrons. The second-order valence-corrected chi connectivity index (χ2v) is 8.64. The van der Waals surface area contributed by atoms with E-state index in [2.05, 4.69) is 17.2 Å². The molecule has 4 rings (SSSR count). The molecule has 1 N–H and O–H groups in total. The first-order chi connectivity index (χ1) is 13.0. The van der Waals surface area contributed by atoms with Gasteiger partial charge in [-0.3, -0.25) is 14.2 Å². The van der Waals surface area contributed by atoms with Crippen molar-refractivity contribution in [3.8, 4) is 0 Å². The highest BCUT2D eigenvalue weighted by Crippen LogP contribution is 2.35. The molecule has 0 fully saturated rings. The van der Waals surface area contributed by atoms with Crippen LogP contribution in [0.5, 0.6) is 0 Å². The van der Waals surface area contributed by atoms with E-state index in [0.717, 1.165) is 35.2 Å². The van der Waals surface area contributed by atoms with Crippen molar-refractivity contribution in [2.75, 3.05) is 0 Å². The lowest BCUT2D eigenvalue weighted by atomic mass is 9.89. The molecular weight excluding hydrogens is 382 g/mol. The van der Waals surface area contributed by atoms with Gasteiger partial charge in [-0.05, 0) is 48.4 Å². The van der Waals surface area contributed by atoms with Crippen LogP contribution in [0.25, 0.3) is 10.2 Å². The summed E-state index contributed by atoms with van der Waals surface area (Å²) in [6.45, 7) is 2.57. The van der Waals surface area contributed by atoms with Crippen LogP contribution in [0.4, 0.5) is 0 Å². The van der Waals surface area contributed by atoms with Gasteiger partial charge in [0.05, 0.1) is 11.7 Å². The SMILES string of the molecule is C[C@@H]1CCc2c(sc3ncn(CC(=O)NCc4cccc(Cl)c4)c(=O)c23)C1. The minimum absolute atomic E-state index is 0.0383. The number of nitrogens with zero attached hydrogens (tertiary/aromatic N) is 2. The highest BCUT2D eigenvalue weighted by Gasteiger charge is 2.23. The summed E-state index contributed by atoms with van der Waals surface area (Å²) in [6, 6.07) is 7.33. The Morgan fingerprint density at radius 2 is 2.30 bits per heavy atom. The number of carbonyl (C=O) groups is 1. The van der Waals surface area contributed by atoms with Gasteiger partial charge in [-0.25, -0.2) is 4.98 Å². The standard InChI is InChI=1S/C20H20ClN3O2S/c1-12-5-6-15-16(7-12)27-19-18(15)20(26)24(11-23-19)10-17(25)22-9-13-3-2-4-14(21)8-13/h2-4,8,11-12H,5-7,9-10H2,1H3,(H,22,25)/t12-/m1/s1. The summed E-state index contributed by atoms with van der Waals surface area (Å²) >= 11 is 7.57. The predicted octanol–water partition coefficient (Wildman–Crippen LogP) is 3.55. The summed E-state index contributed by atoms with van der Waals surface area (Å²) in [5.74, 6) is 0.418. The Bertz CT molecular complexity index is 1070. The van der Waals surface area contributed by atoms with E-state index in [9.17, 15) is 9.59 Å². The first kappa shape index (κ1) is 18.2. The zero-order chi connectivity index (χ0) is 19.0. The van der Waals surface area contributed by atoms with Gasteiger partial charge >= 0.3 is 0 Å². The van der Waals surface area contributed by atoms with Crippen molar-refractivity contribution < 1.29 is 4.79 Å². The van der Waals surface area contributed by atoms with Crippen LogP contribution in [0, 0.1) is 5.92 Å². The summed E-state index contributed by atoms with van der Waals surface area (Å²) in [5, 5.41) is 4.16. The van der Waals surface area contributed by atoms with Gasteiger partial charge in [0.25, 0.3) is 5.56 Å². The molecule has 2 heterocycles. The quantitative estimate of drug-likeness (QED) is 0.727. The van der Waals surface area contributed by atoms with E-state index in [1.807, 2.05) is 12.1 Å². The molecule has 0 saturated heterocycles. The minimum atomic E-state index is -0.226. The molecule has 0 spiro atoms. The topological polar surface area (TPSA) is 64.0 Å². The van der Waals surface area contributed by atoms with E-state index in [1.54, 1.807) is 23.5 Å². The summed E-state index contributed by atoms with van der Waals surface area (Å²) in [7, 11) is 0. The van der Waals surface area contributed by atoms with Crippen LogP contribution in [0.2, 0.25) is 5.02 Å². The number of benzene rings is 1. The summed E-state index contributed by atoms with van der Waals surface area (Å²) in [6.07, 6.45) is 4.50. The Kier molecular flexibility index (Phi) is 5.02. The Morgan fingerprint density at radius 1 is 1.44 bits per heavy atom. The molecule has 1 aliphatic rings. The highest BCUT2D eigenvalue weighted by atomic mass is 35.5.